The van der Waals surface area contributed by atoms with Gasteiger partial charge in [0.25, 0.3) is 0 Å². The van der Waals surface area contributed by atoms with E-state index < -0.39 is 0 Å². The first-order valence-electron chi connectivity index (χ1n) is 4.76. The van der Waals surface area contributed by atoms with Crippen LogP contribution in [0.1, 0.15) is 40.5 Å². The Bertz CT molecular complexity index is 140. The molecule has 0 fully saturated rings. The van der Waals surface area contributed by atoms with E-state index in [0.29, 0.717) is 5.92 Å². The molecule has 12 heavy (non-hydrogen) atoms. The molecule has 0 aromatic carbocycles. The van der Waals surface area contributed by atoms with Crippen molar-refractivity contribution in [1.29, 1.82) is 0 Å². The molecule has 0 saturated carbocycles. The maximum Gasteiger partial charge on any atom is -0.0197 e. The molecule has 0 aromatic rings. The second-order valence-electron chi connectivity index (χ2n) is 3.61. The largest absolute Gasteiger partial charge is 0.0916 e. The quantitative estimate of drug-likeness (QED) is 0.537. The molecule has 0 spiro atoms. The van der Waals surface area contributed by atoms with Crippen molar-refractivity contribution in [2.45, 2.75) is 40.5 Å². The van der Waals surface area contributed by atoms with Gasteiger partial charge < -0.3 is 0 Å². The van der Waals surface area contributed by atoms with Gasteiger partial charge in [-0.05, 0) is 31.6 Å². The third kappa shape index (κ3) is 7.59. The van der Waals surface area contributed by atoms with Crippen molar-refractivity contribution in [2.24, 2.45) is 5.92 Å². The summed E-state index contributed by atoms with van der Waals surface area (Å²) in [5, 5.41) is 0. The van der Waals surface area contributed by atoms with Crippen LogP contribution in [0.4, 0.5) is 0 Å². The Morgan fingerprint density at radius 2 is 1.75 bits per heavy atom. The van der Waals surface area contributed by atoms with Crippen LogP contribution in [0.3, 0.4) is 0 Å². The molecule has 0 nitrogen and oxygen atoms in total. The van der Waals surface area contributed by atoms with Crippen LogP contribution >= 0.6 is 0 Å². The molecular formula is C12H21. The summed E-state index contributed by atoms with van der Waals surface area (Å²) in [5.74, 6) is 2.21. The lowest BCUT2D eigenvalue weighted by Crippen LogP contribution is -1.87. The first kappa shape index (κ1) is 11.5. The molecule has 0 aromatic heterocycles. The van der Waals surface area contributed by atoms with Crippen LogP contribution in [0.5, 0.6) is 0 Å². The summed E-state index contributed by atoms with van der Waals surface area (Å²) >= 11 is 0. The summed E-state index contributed by atoms with van der Waals surface area (Å²) in [6.07, 6.45) is 11.1. The predicted octanol–water partition coefficient (Wildman–Crippen LogP) is 4.15. The molecule has 0 saturated heterocycles. The van der Waals surface area contributed by atoms with Crippen LogP contribution in [0, 0.1) is 11.8 Å². The van der Waals surface area contributed by atoms with Gasteiger partial charge in [-0.1, -0.05) is 45.1 Å². The standard InChI is InChI=1S/C12H21/c1-5-6-9-12(4)10-7-8-11(2)3/h5-8,11H,9-10H2,1-4H3. The van der Waals surface area contributed by atoms with Crippen LogP contribution in [0.2, 0.25) is 0 Å². The number of rotatable bonds is 5. The van der Waals surface area contributed by atoms with Crippen molar-refractivity contribution in [3.05, 3.63) is 30.2 Å². The van der Waals surface area contributed by atoms with E-state index in [4.69, 9.17) is 0 Å². The van der Waals surface area contributed by atoms with E-state index in [9.17, 15) is 0 Å². The van der Waals surface area contributed by atoms with Crippen LogP contribution in [-0.2, 0) is 0 Å². The molecule has 0 aliphatic rings. The molecule has 0 atom stereocenters. The van der Waals surface area contributed by atoms with Crippen molar-refractivity contribution < 1.29 is 0 Å². The van der Waals surface area contributed by atoms with Gasteiger partial charge in [0.15, 0.2) is 0 Å². The monoisotopic (exact) mass is 165 g/mol. The normalized spacial score (nSPS) is 12.8. The molecule has 0 unspecified atom stereocenters. The highest BCUT2D eigenvalue weighted by molar-refractivity contribution is 5.01. The highest BCUT2D eigenvalue weighted by atomic mass is 14.0. The molecule has 0 N–H and O–H groups in total. The fourth-order valence-corrected chi connectivity index (χ4v) is 0.944. The zero-order valence-corrected chi connectivity index (χ0v) is 8.80. The van der Waals surface area contributed by atoms with Gasteiger partial charge in [-0.2, -0.15) is 0 Å². The van der Waals surface area contributed by atoms with E-state index in [0.717, 1.165) is 12.8 Å². The summed E-state index contributed by atoms with van der Waals surface area (Å²) in [7, 11) is 0. The lowest BCUT2D eigenvalue weighted by molar-refractivity contribution is 0.818. The van der Waals surface area contributed by atoms with Gasteiger partial charge in [-0.3, -0.25) is 0 Å². The summed E-state index contributed by atoms with van der Waals surface area (Å²) in [5.41, 5.74) is 0. The molecule has 0 amide bonds. The average molecular weight is 165 g/mol. The van der Waals surface area contributed by atoms with Crippen molar-refractivity contribution in [3.8, 4) is 0 Å². The van der Waals surface area contributed by atoms with E-state index in [1.165, 1.54) is 5.92 Å². The van der Waals surface area contributed by atoms with Crippen molar-refractivity contribution in [2.75, 3.05) is 0 Å². The maximum absolute atomic E-state index is 2.27. The second kappa shape index (κ2) is 7.15. The Morgan fingerprint density at radius 1 is 1.17 bits per heavy atom. The zero-order chi connectivity index (χ0) is 9.40. The molecular weight excluding hydrogens is 144 g/mol. The van der Waals surface area contributed by atoms with Crippen LogP contribution < -0.4 is 0 Å². The molecule has 0 aliphatic carbocycles. The molecule has 0 rings (SSSR count). The zero-order valence-electron chi connectivity index (χ0n) is 8.80. The average Bonchev–Trinajstić information content (AvgIpc) is 2.00. The Balaban J connectivity index is 3.49. The maximum atomic E-state index is 2.27. The van der Waals surface area contributed by atoms with E-state index in [1.807, 2.05) is 0 Å². The van der Waals surface area contributed by atoms with Gasteiger partial charge in [0.2, 0.25) is 0 Å². The van der Waals surface area contributed by atoms with Crippen molar-refractivity contribution in [1.82, 2.24) is 0 Å². The molecule has 69 valence electrons. The fourth-order valence-electron chi connectivity index (χ4n) is 0.944. The Hall–Kier alpha value is -0.520. The highest BCUT2D eigenvalue weighted by Crippen LogP contribution is 2.12. The van der Waals surface area contributed by atoms with Gasteiger partial charge in [0.1, 0.15) is 0 Å². The minimum absolute atomic E-state index is 0.680. The third-order valence-corrected chi connectivity index (χ3v) is 1.69. The molecule has 0 heterocycles. The van der Waals surface area contributed by atoms with Gasteiger partial charge in [0, 0.05) is 0 Å². The number of hydrogen-bond donors (Lipinski definition) is 0. The van der Waals surface area contributed by atoms with Crippen LogP contribution in [0.15, 0.2) is 24.3 Å². The minimum Gasteiger partial charge on any atom is -0.0916 e. The summed E-state index contributed by atoms with van der Waals surface area (Å²) in [6, 6.07) is 0. The first-order chi connectivity index (χ1) is 5.66. The van der Waals surface area contributed by atoms with E-state index >= 15 is 0 Å². The SMILES string of the molecule is CC=CC[C](C)CC=CC(C)C. The molecule has 0 heteroatoms. The van der Waals surface area contributed by atoms with Crippen LogP contribution in [0.25, 0.3) is 0 Å². The lowest BCUT2D eigenvalue weighted by atomic mass is 10.0. The predicted molar refractivity (Wildman–Crippen MR) is 56.9 cm³/mol. The number of allylic oxidation sites excluding steroid dienone is 4. The van der Waals surface area contributed by atoms with Crippen molar-refractivity contribution >= 4 is 0 Å². The molecule has 0 aliphatic heterocycles. The Morgan fingerprint density at radius 3 is 2.25 bits per heavy atom. The number of hydrogen-bond acceptors (Lipinski definition) is 0. The molecule has 1 radical (unpaired) electrons. The Labute approximate surface area is 77.4 Å². The van der Waals surface area contributed by atoms with E-state index in [1.54, 1.807) is 0 Å². The Kier molecular flexibility index (Phi) is 6.84. The topological polar surface area (TPSA) is 0 Å². The lowest BCUT2D eigenvalue weighted by Gasteiger charge is -2.03. The van der Waals surface area contributed by atoms with Crippen LogP contribution in [-0.4, -0.2) is 0 Å². The molecule has 0 bridgehead atoms. The van der Waals surface area contributed by atoms with E-state index in [-0.39, 0.29) is 0 Å². The highest BCUT2D eigenvalue weighted by Gasteiger charge is 1.95. The third-order valence-electron chi connectivity index (χ3n) is 1.69. The second-order valence-corrected chi connectivity index (χ2v) is 3.61. The summed E-state index contributed by atoms with van der Waals surface area (Å²) in [4.78, 5) is 0. The minimum atomic E-state index is 0.680. The van der Waals surface area contributed by atoms with E-state index in [2.05, 4.69) is 52.0 Å². The van der Waals surface area contributed by atoms with Crippen molar-refractivity contribution in [3.63, 3.8) is 0 Å². The van der Waals surface area contributed by atoms with Gasteiger partial charge >= 0.3 is 0 Å². The van der Waals surface area contributed by atoms with Gasteiger partial charge in [-0.15, -0.1) is 0 Å². The first-order valence-corrected chi connectivity index (χ1v) is 4.76. The summed E-state index contributed by atoms with van der Waals surface area (Å²) < 4.78 is 0. The van der Waals surface area contributed by atoms with Gasteiger partial charge in [-0.25, -0.2) is 0 Å². The summed E-state index contributed by atoms with van der Waals surface area (Å²) in [6.45, 7) is 8.69. The fraction of sp³-hybridized carbons (Fsp3) is 0.583. The smallest absolute Gasteiger partial charge is 0.0197 e. The van der Waals surface area contributed by atoms with Gasteiger partial charge in [0.05, 0.1) is 0 Å².